The second-order valence-corrected chi connectivity index (χ2v) is 3.65. The second kappa shape index (κ2) is 3.10. The van der Waals surface area contributed by atoms with Crippen LogP contribution in [0.2, 0.25) is 0 Å². The predicted molar refractivity (Wildman–Crippen MR) is 60.7 cm³/mol. The number of nitrogens with one attached hydrogen (secondary N) is 2. The van der Waals surface area contributed by atoms with Crippen LogP contribution in [0.3, 0.4) is 0 Å². The van der Waals surface area contributed by atoms with Crippen LogP contribution in [0.4, 0.5) is 0 Å². The van der Waals surface area contributed by atoms with Crippen molar-refractivity contribution in [1.82, 2.24) is 10.4 Å². The van der Waals surface area contributed by atoms with Crippen molar-refractivity contribution in [3.8, 4) is 0 Å². The zero-order valence-electron chi connectivity index (χ0n) is 8.25. The van der Waals surface area contributed by atoms with Gasteiger partial charge in [-0.1, -0.05) is 18.2 Å². The van der Waals surface area contributed by atoms with Gasteiger partial charge in [-0.15, -0.1) is 0 Å². The minimum Gasteiger partial charge on any atom is -0.352 e. The molecule has 1 aliphatic heterocycles. The molecule has 76 valence electrons. The topological polar surface area (TPSA) is 66.2 Å². The van der Waals surface area contributed by atoms with Crippen molar-refractivity contribution in [2.45, 2.75) is 6.42 Å². The Kier molecular flexibility index (Phi) is 1.76. The number of para-hydroxylation sites is 1. The number of H-pyrrole nitrogens is 1. The summed E-state index contributed by atoms with van der Waals surface area (Å²) in [6.45, 7) is 0.800. The van der Waals surface area contributed by atoms with Gasteiger partial charge in [0.05, 0.1) is 5.69 Å². The molecule has 3 rings (SSSR count). The van der Waals surface area contributed by atoms with Gasteiger partial charge in [-0.25, -0.2) is 5.84 Å². The Morgan fingerprint density at radius 2 is 2.20 bits per heavy atom. The molecule has 0 amide bonds. The summed E-state index contributed by atoms with van der Waals surface area (Å²) in [7, 11) is 0. The summed E-state index contributed by atoms with van der Waals surface area (Å²) in [5.41, 5.74) is 6.13. The first-order valence-corrected chi connectivity index (χ1v) is 5.01. The molecule has 0 radical (unpaired) electrons. The number of aliphatic imine (C=N–C) groups is 1. The molecule has 0 saturated carbocycles. The van der Waals surface area contributed by atoms with Crippen LogP contribution in [0.5, 0.6) is 0 Å². The molecule has 1 aromatic heterocycles. The number of nitrogens with zero attached hydrogens (tertiary/aromatic N) is 1. The summed E-state index contributed by atoms with van der Waals surface area (Å²) in [6.07, 6.45) is 0.977. The summed E-state index contributed by atoms with van der Waals surface area (Å²) in [5, 5.41) is 1.27. The van der Waals surface area contributed by atoms with E-state index in [-0.39, 0.29) is 0 Å². The van der Waals surface area contributed by atoms with Crippen LogP contribution in [-0.4, -0.2) is 17.4 Å². The first kappa shape index (κ1) is 8.49. The number of fused-ring (bicyclic) bond motifs is 3. The van der Waals surface area contributed by atoms with Gasteiger partial charge in [0, 0.05) is 17.4 Å². The Balaban J connectivity index is 2.31. The average molecular weight is 200 g/mol. The van der Waals surface area contributed by atoms with E-state index >= 15 is 0 Å². The molecule has 4 N–H and O–H groups in total. The summed E-state index contributed by atoms with van der Waals surface area (Å²) >= 11 is 0. The fraction of sp³-hybridized carbons (Fsp3) is 0.182. The van der Waals surface area contributed by atoms with Crippen molar-refractivity contribution in [3.63, 3.8) is 0 Å². The van der Waals surface area contributed by atoms with Crippen LogP contribution in [0.1, 0.15) is 11.3 Å². The van der Waals surface area contributed by atoms with E-state index in [0.717, 1.165) is 30.0 Å². The third-order valence-electron chi connectivity index (χ3n) is 2.82. The van der Waals surface area contributed by atoms with Crippen LogP contribution in [-0.2, 0) is 6.42 Å². The van der Waals surface area contributed by atoms with E-state index in [1.54, 1.807) is 0 Å². The zero-order chi connectivity index (χ0) is 10.3. The number of hydrazine groups is 1. The fourth-order valence-corrected chi connectivity index (χ4v) is 2.14. The van der Waals surface area contributed by atoms with E-state index < -0.39 is 0 Å². The van der Waals surface area contributed by atoms with Gasteiger partial charge in [0.1, 0.15) is 0 Å². The number of aromatic nitrogens is 1. The SMILES string of the molecule is NNC1=NCCc2c1[nH]c1ccccc21. The number of hydrogen-bond acceptors (Lipinski definition) is 3. The Bertz CT molecular complexity index is 539. The van der Waals surface area contributed by atoms with Gasteiger partial charge in [-0.2, -0.15) is 0 Å². The lowest BCUT2D eigenvalue weighted by Crippen LogP contribution is -2.34. The summed E-state index contributed by atoms with van der Waals surface area (Å²) in [4.78, 5) is 7.68. The highest BCUT2D eigenvalue weighted by molar-refractivity contribution is 6.04. The maximum atomic E-state index is 5.44. The van der Waals surface area contributed by atoms with Crippen LogP contribution in [0, 0.1) is 0 Å². The van der Waals surface area contributed by atoms with Gasteiger partial charge < -0.3 is 10.4 Å². The van der Waals surface area contributed by atoms with E-state index in [2.05, 4.69) is 33.6 Å². The molecule has 1 aliphatic rings. The van der Waals surface area contributed by atoms with Crippen LogP contribution in [0.25, 0.3) is 10.9 Å². The minimum absolute atomic E-state index is 0.757. The van der Waals surface area contributed by atoms with Crippen molar-refractivity contribution in [3.05, 3.63) is 35.5 Å². The van der Waals surface area contributed by atoms with Crippen molar-refractivity contribution < 1.29 is 0 Å². The standard InChI is InChI=1S/C11H12N4/c12-15-11-10-8(5-6-13-11)7-3-1-2-4-9(7)14-10/h1-4,14H,5-6,12H2,(H,13,15). The van der Waals surface area contributed by atoms with Gasteiger partial charge in [-0.05, 0) is 18.1 Å². The van der Waals surface area contributed by atoms with Crippen LogP contribution >= 0.6 is 0 Å². The highest BCUT2D eigenvalue weighted by Gasteiger charge is 2.18. The average Bonchev–Trinajstić information content (AvgIpc) is 2.67. The largest absolute Gasteiger partial charge is 0.352 e. The summed E-state index contributed by atoms with van der Waals surface area (Å²) < 4.78 is 0. The van der Waals surface area contributed by atoms with Crippen molar-refractivity contribution in [2.75, 3.05) is 6.54 Å². The molecular weight excluding hydrogens is 188 g/mol. The fourth-order valence-electron chi connectivity index (χ4n) is 2.14. The Labute approximate surface area is 87.2 Å². The number of amidine groups is 1. The third kappa shape index (κ3) is 1.15. The molecule has 2 aromatic rings. The molecule has 2 heterocycles. The lowest BCUT2D eigenvalue weighted by Gasteiger charge is -2.11. The van der Waals surface area contributed by atoms with E-state index in [0.29, 0.717) is 0 Å². The quantitative estimate of drug-likeness (QED) is 0.437. The van der Waals surface area contributed by atoms with E-state index in [1.807, 2.05) is 6.07 Å². The molecule has 4 nitrogen and oxygen atoms in total. The summed E-state index contributed by atoms with van der Waals surface area (Å²) in [5.74, 6) is 6.20. The Hall–Kier alpha value is -1.81. The first-order valence-electron chi connectivity index (χ1n) is 5.01. The normalized spacial score (nSPS) is 14.9. The van der Waals surface area contributed by atoms with Crippen LogP contribution < -0.4 is 11.3 Å². The maximum Gasteiger partial charge on any atom is 0.159 e. The van der Waals surface area contributed by atoms with E-state index in [4.69, 9.17) is 5.84 Å². The molecule has 15 heavy (non-hydrogen) atoms. The van der Waals surface area contributed by atoms with Crippen molar-refractivity contribution in [2.24, 2.45) is 10.8 Å². The highest BCUT2D eigenvalue weighted by Crippen LogP contribution is 2.25. The van der Waals surface area contributed by atoms with Crippen LogP contribution in [0.15, 0.2) is 29.3 Å². The molecule has 0 unspecified atom stereocenters. The molecule has 0 aliphatic carbocycles. The minimum atomic E-state index is 0.757. The number of rotatable bonds is 0. The number of benzene rings is 1. The lowest BCUT2D eigenvalue weighted by atomic mass is 10.1. The number of nitrogens with two attached hydrogens (primary N) is 1. The molecule has 0 fully saturated rings. The lowest BCUT2D eigenvalue weighted by molar-refractivity contribution is 0.899. The van der Waals surface area contributed by atoms with E-state index in [1.165, 1.54) is 10.9 Å². The highest BCUT2D eigenvalue weighted by atomic mass is 15.3. The maximum absolute atomic E-state index is 5.44. The van der Waals surface area contributed by atoms with Gasteiger partial charge in [0.25, 0.3) is 0 Å². The predicted octanol–water partition coefficient (Wildman–Crippen LogP) is 0.934. The monoisotopic (exact) mass is 200 g/mol. The van der Waals surface area contributed by atoms with Gasteiger partial charge in [0.15, 0.2) is 5.84 Å². The molecular formula is C11H12N4. The molecule has 0 bridgehead atoms. The molecule has 0 atom stereocenters. The van der Waals surface area contributed by atoms with E-state index in [9.17, 15) is 0 Å². The van der Waals surface area contributed by atoms with Gasteiger partial charge >= 0.3 is 0 Å². The zero-order valence-corrected chi connectivity index (χ0v) is 8.25. The molecule has 1 aromatic carbocycles. The molecule has 0 saturated heterocycles. The number of hydrogen-bond donors (Lipinski definition) is 3. The third-order valence-corrected chi connectivity index (χ3v) is 2.82. The van der Waals surface area contributed by atoms with Gasteiger partial charge in [-0.3, -0.25) is 4.99 Å². The Morgan fingerprint density at radius 3 is 3.07 bits per heavy atom. The molecule has 4 heteroatoms. The van der Waals surface area contributed by atoms with Gasteiger partial charge in [0.2, 0.25) is 0 Å². The second-order valence-electron chi connectivity index (χ2n) is 3.65. The van der Waals surface area contributed by atoms with Crippen molar-refractivity contribution >= 4 is 16.7 Å². The summed E-state index contributed by atoms with van der Waals surface area (Å²) in [6, 6.07) is 8.28. The number of aromatic amines is 1. The first-order chi connectivity index (χ1) is 7.40. The van der Waals surface area contributed by atoms with Crippen molar-refractivity contribution in [1.29, 1.82) is 0 Å². The molecule has 0 spiro atoms. The smallest absolute Gasteiger partial charge is 0.159 e. The Morgan fingerprint density at radius 1 is 1.33 bits per heavy atom.